The largest absolute Gasteiger partial charge is 0.378 e. The van der Waals surface area contributed by atoms with Gasteiger partial charge in [0.15, 0.2) is 9.84 Å². The first kappa shape index (κ1) is 12.3. The van der Waals surface area contributed by atoms with E-state index in [1.807, 2.05) is 0 Å². The van der Waals surface area contributed by atoms with Crippen LogP contribution >= 0.6 is 0 Å². The van der Waals surface area contributed by atoms with Crippen molar-refractivity contribution >= 4 is 9.84 Å². The molecule has 0 N–H and O–H groups in total. The standard InChI is InChI=1S/C11H20O4S/c12-16(13,9-11-4-2-7-15-11)8-5-10-3-1-6-14-10/h10-11H,1-9H2. The molecule has 2 aliphatic rings. The minimum absolute atomic E-state index is 0.0607. The molecule has 0 aliphatic carbocycles. The Morgan fingerprint density at radius 1 is 1.00 bits per heavy atom. The van der Waals surface area contributed by atoms with E-state index in [1.54, 1.807) is 0 Å². The van der Waals surface area contributed by atoms with Crippen LogP contribution in [-0.4, -0.2) is 45.3 Å². The molecule has 2 rings (SSSR count). The van der Waals surface area contributed by atoms with Crippen molar-refractivity contribution in [2.24, 2.45) is 0 Å². The van der Waals surface area contributed by atoms with Crippen molar-refractivity contribution in [1.82, 2.24) is 0 Å². The second kappa shape index (κ2) is 5.47. The normalized spacial score (nSPS) is 31.0. The second-order valence-electron chi connectivity index (χ2n) is 4.67. The van der Waals surface area contributed by atoms with Crippen LogP contribution in [0.2, 0.25) is 0 Å². The molecule has 2 atom stereocenters. The van der Waals surface area contributed by atoms with E-state index in [0.717, 1.165) is 32.3 Å². The topological polar surface area (TPSA) is 52.6 Å². The van der Waals surface area contributed by atoms with E-state index < -0.39 is 9.84 Å². The van der Waals surface area contributed by atoms with Crippen LogP contribution in [0.15, 0.2) is 0 Å². The Morgan fingerprint density at radius 3 is 2.19 bits per heavy atom. The van der Waals surface area contributed by atoms with E-state index in [1.165, 1.54) is 0 Å². The van der Waals surface area contributed by atoms with Gasteiger partial charge >= 0.3 is 0 Å². The lowest BCUT2D eigenvalue weighted by atomic mass is 10.2. The monoisotopic (exact) mass is 248 g/mol. The van der Waals surface area contributed by atoms with Gasteiger partial charge in [0, 0.05) is 13.2 Å². The molecule has 0 bridgehead atoms. The smallest absolute Gasteiger partial charge is 0.152 e. The zero-order valence-electron chi connectivity index (χ0n) is 9.56. The number of rotatable bonds is 5. The van der Waals surface area contributed by atoms with Gasteiger partial charge in [-0.15, -0.1) is 0 Å². The van der Waals surface area contributed by atoms with Gasteiger partial charge < -0.3 is 9.47 Å². The van der Waals surface area contributed by atoms with E-state index in [-0.39, 0.29) is 23.7 Å². The number of sulfone groups is 1. The van der Waals surface area contributed by atoms with Crippen molar-refractivity contribution in [2.45, 2.75) is 44.3 Å². The molecule has 0 aromatic carbocycles. The Labute approximate surface area is 97.2 Å². The molecule has 2 heterocycles. The molecular weight excluding hydrogens is 228 g/mol. The quantitative estimate of drug-likeness (QED) is 0.732. The third-order valence-corrected chi connectivity index (χ3v) is 4.98. The van der Waals surface area contributed by atoms with Crippen LogP contribution in [0.4, 0.5) is 0 Å². The lowest BCUT2D eigenvalue weighted by Gasteiger charge is -2.12. The number of ether oxygens (including phenoxy) is 2. The van der Waals surface area contributed by atoms with Crippen molar-refractivity contribution in [1.29, 1.82) is 0 Å². The second-order valence-corrected chi connectivity index (χ2v) is 6.90. The van der Waals surface area contributed by atoms with E-state index in [4.69, 9.17) is 9.47 Å². The summed E-state index contributed by atoms with van der Waals surface area (Å²) in [5.41, 5.74) is 0. The maximum Gasteiger partial charge on any atom is 0.152 e. The molecule has 94 valence electrons. The Hall–Kier alpha value is -0.130. The fourth-order valence-electron chi connectivity index (χ4n) is 2.33. The highest BCUT2D eigenvalue weighted by Crippen LogP contribution is 2.18. The highest BCUT2D eigenvalue weighted by atomic mass is 32.2. The van der Waals surface area contributed by atoms with Crippen molar-refractivity contribution in [2.75, 3.05) is 24.7 Å². The molecule has 4 nitrogen and oxygen atoms in total. The van der Waals surface area contributed by atoms with Crippen LogP contribution in [0.25, 0.3) is 0 Å². The zero-order valence-corrected chi connectivity index (χ0v) is 10.4. The van der Waals surface area contributed by atoms with E-state index in [2.05, 4.69) is 0 Å². The fourth-order valence-corrected chi connectivity index (χ4v) is 3.94. The molecule has 0 aromatic rings. The SMILES string of the molecule is O=S(=O)(CCC1CCCO1)CC1CCCO1. The van der Waals surface area contributed by atoms with Gasteiger partial charge in [0.2, 0.25) is 0 Å². The maximum atomic E-state index is 11.8. The zero-order chi connectivity index (χ0) is 11.4. The summed E-state index contributed by atoms with van der Waals surface area (Å²) in [6, 6.07) is 0. The highest BCUT2D eigenvalue weighted by molar-refractivity contribution is 7.91. The van der Waals surface area contributed by atoms with Gasteiger partial charge in [-0.2, -0.15) is 0 Å². The van der Waals surface area contributed by atoms with Gasteiger partial charge in [-0.1, -0.05) is 0 Å². The van der Waals surface area contributed by atoms with Crippen LogP contribution in [0.1, 0.15) is 32.1 Å². The molecule has 2 unspecified atom stereocenters. The minimum atomic E-state index is -2.96. The molecule has 0 saturated carbocycles. The van der Waals surface area contributed by atoms with Crippen LogP contribution in [0.5, 0.6) is 0 Å². The average molecular weight is 248 g/mol. The van der Waals surface area contributed by atoms with Crippen molar-refractivity contribution < 1.29 is 17.9 Å². The fraction of sp³-hybridized carbons (Fsp3) is 1.00. The molecule has 2 aliphatic heterocycles. The lowest BCUT2D eigenvalue weighted by Crippen LogP contribution is -2.24. The predicted molar refractivity (Wildman–Crippen MR) is 61.2 cm³/mol. The summed E-state index contributed by atoms with van der Waals surface area (Å²) in [6.45, 7) is 1.50. The minimum Gasteiger partial charge on any atom is -0.378 e. The summed E-state index contributed by atoms with van der Waals surface area (Å²) >= 11 is 0. The van der Waals surface area contributed by atoms with Crippen molar-refractivity contribution in [3.05, 3.63) is 0 Å². The molecule has 0 spiro atoms. The summed E-state index contributed by atoms with van der Waals surface area (Å²) in [5.74, 6) is 0.442. The van der Waals surface area contributed by atoms with E-state index in [9.17, 15) is 8.42 Å². The molecule has 0 amide bonds. The molecule has 16 heavy (non-hydrogen) atoms. The first-order valence-electron chi connectivity index (χ1n) is 6.09. The summed E-state index contributed by atoms with van der Waals surface area (Å²) in [4.78, 5) is 0. The molecular formula is C11H20O4S. The third-order valence-electron chi connectivity index (χ3n) is 3.24. The van der Waals surface area contributed by atoms with Gasteiger partial charge in [0.1, 0.15) is 0 Å². The lowest BCUT2D eigenvalue weighted by molar-refractivity contribution is 0.108. The molecule has 0 aromatic heterocycles. The van der Waals surface area contributed by atoms with Crippen LogP contribution in [0.3, 0.4) is 0 Å². The average Bonchev–Trinajstić information content (AvgIpc) is 2.85. The summed E-state index contributed by atoms with van der Waals surface area (Å²) in [7, 11) is -2.96. The number of hydrogen-bond donors (Lipinski definition) is 0. The Bertz CT molecular complexity index is 300. The predicted octanol–water partition coefficient (Wildman–Crippen LogP) is 1.15. The van der Waals surface area contributed by atoms with Gasteiger partial charge in [0.05, 0.1) is 23.7 Å². The Kier molecular flexibility index (Phi) is 4.21. The molecule has 2 fully saturated rings. The van der Waals surface area contributed by atoms with Gasteiger partial charge in [-0.3, -0.25) is 0 Å². The number of hydrogen-bond acceptors (Lipinski definition) is 4. The van der Waals surface area contributed by atoms with Crippen molar-refractivity contribution in [3.63, 3.8) is 0 Å². The molecule has 0 radical (unpaired) electrons. The van der Waals surface area contributed by atoms with Crippen LogP contribution < -0.4 is 0 Å². The summed E-state index contributed by atoms with van der Waals surface area (Å²) in [5, 5.41) is 0. The Morgan fingerprint density at radius 2 is 1.62 bits per heavy atom. The van der Waals surface area contributed by atoms with Gasteiger partial charge in [0.25, 0.3) is 0 Å². The van der Waals surface area contributed by atoms with E-state index in [0.29, 0.717) is 13.0 Å². The van der Waals surface area contributed by atoms with Crippen LogP contribution in [0, 0.1) is 0 Å². The highest BCUT2D eigenvalue weighted by Gasteiger charge is 2.25. The van der Waals surface area contributed by atoms with Gasteiger partial charge in [-0.05, 0) is 32.1 Å². The third kappa shape index (κ3) is 3.71. The first-order valence-corrected chi connectivity index (χ1v) is 7.91. The molecule has 2 saturated heterocycles. The van der Waals surface area contributed by atoms with Crippen LogP contribution in [-0.2, 0) is 19.3 Å². The van der Waals surface area contributed by atoms with E-state index >= 15 is 0 Å². The van der Waals surface area contributed by atoms with Gasteiger partial charge in [-0.25, -0.2) is 8.42 Å². The first-order chi connectivity index (χ1) is 7.66. The maximum absolute atomic E-state index is 11.8. The Balaban J connectivity index is 1.73. The molecule has 5 heteroatoms. The summed E-state index contributed by atoms with van der Waals surface area (Å²) < 4.78 is 34.4. The van der Waals surface area contributed by atoms with Crippen molar-refractivity contribution in [3.8, 4) is 0 Å². The summed E-state index contributed by atoms with van der Waals surface area (Å²) in [6.07, 6.45) is 4.71.